The number of alkyl halides is 2. The minimum absolute atomic E-state index is 0.0529. The van der Waals surface area contributed by atoms with Gasteiger partial charge in [0, 0.05) is 6.07 Å². The van der Waals surface area contributed by atoms with Crippen LogP contribution in [-0.2, 0) is 6.61 Å². The Bertz CT molecular complexity index is 585. The summed E-state index contributed by atoms with van der Waals surface area (Å²) in [6.45, 7) is -3.07. The van der Waals surface area contributed by atoms with Gasteiger partial charge in [0.15, 0.2) is 12.3 Å². The monoisotopic (exact) mass is 286 g/mol. The number of carboxylic acid groups (broad SMARTS) is 1. The molecule has 2 aromatic heterocycles. The highest BCUT2D eigenvalue weighted by molar-refractivity contribution is 5.84. The summed E-state index contributed by atoms with van der Waals surface area (Å²) in [6, 6.07) is 2.57. The van der Waals surface area contributed by atoms with Gasteiger partial charge in [-0.2, -0.15) is 8.78 Å². The SMILES string of the molecule is O=C(O)c1coc(COc2ccc(OC(F)F)cn2)n1. The number of aromatic nitrogens is 2. The van der Waals surface area contributed by atoms with E-state index in [0.29, 0.717) is 0 Å². The van der Waals surface area contributed by atoms with Crippen molar-refractivity contribution in [2.45, 2.75) is 13.2 Å². The third-order valence-corrected chi connectivity index (χ3v) is 2.05. The number of oxazole rings is 1. The van der Waals surface area contributed by atoms with Crippen molar-refractivity contribution in [2.24, 2.45) is 0 Å². The van der Waals surface area contributed by atoms with Crippen LogP contribution in [-0.4, -0.2) is 27.7 Å². The maximum Gasteiger partial charge on any atom is 0.387 e. The lowest BCUT2D eigenvalue weighted by Crippen LogP contribution is -2.03. The molecule has 0 fully saturated rings. The largest absolute Gasteiger partial charge is 0.476 e. The molecule has 0 radical (unpaired) electrons. The van der Waals surface area contributed by atoms with Crippen molar-refractivity contribution < 1.29 is 32.6 Å². The molecule has 0 bridgehead atoms. The molecule has 0 aromatic carbocycles. The lowest BCUT2D eigenvalue weighted by molar-refractivity contribution is -0.0501. The van der Waals surface area contributed by atoms with Crippen LogP contribution in [0.15, 0.2) is 29.0 Å². The smallest absolute Gasteiger partial charge is 0.387 e. The van der Waals surface area contributed by atoms with Gasteiger partial charge in [0.1, 0.15) is 12.0 Å². The van der Waals surface area contributed by atoms with Crippen molar-refractivity contribution in [3.05, 3.63) is 36.2 Å². The lowest BCUT2D eigenvalue weighted by atomic mass is 10.4. The predicted molar refractivity (Wildman–Crippen MR) is 58.7 cm³/mol. The number of nitrogens with zero attached hydrogens (tertiary/aromatic N) is 2. The van der Waals surface area contributed by atoms with E-state index >= 15 is 0 Å². The molecule has 2 rings (SSSR count). The first-order valence-corrected chi connectivity index (χ1v) is 5.26. The third-order valence-electron chi connectivity index (χ3n) is 2.05. The van der Waals surface area contributed by atoms with E-state index in [1.54, 1.807) is 0 Å². The first-order chi connectivity index (χ1) is 9.54. The molecule has 106 valence electrons. The van der Waals surface area contributed by atoms with E-state index in [0.717, 1.165) is 12.5 Å². The molecule has 0 spiro atoms. The second-order valence-corrected chi connectivity index (χ2v) is 3.43. The van der Waals surface area contributed by atoms with Crippen LogP contribution in [0.4, 0.5) is 8.78 Å². The standard InChI is InChI=1S/C11H8F2N2O5/c12-11(13)20-6-1-2-8(14-3-6)19-5-9-15-7(4-18-9)10(16)17/h1-4,11H,5H2,(H,16,17). The van der Waals surface area contributed by atoms with Crippen LogP contribution >= 0.6 is 0 Å². The second-order valence-electron chi connectivity index (χ2n) is 3.43. The third kappa shape index (κ3) is 3.64. The molecule has 0 aliphatic rings. The zero-order valence-corrected chi connectivity index (χ0v) is 9.82. The van der Waals surface area contributed by atoms with Gasteiger partial charge in [-0.15, -0.1) is 0 Å². The van der Waals surface area contributed by atoms with Crippen molar-refractivity contribution in [2.75, 3.05) is 0 Å². The van der Waals surface area contributed by atoms with E-state index in [4.69, 9.17) is 14.3 Å². The van der Waals surface area contributed by atoms with Crippen molar-refractivity contribution in [1.82, 2.24) is 9.97 Å². The van der Waals surface area contributed by atoms with Crippen molar-refractivity contribution >= 4 is 5.97 Å². The fourth-order valence-electron chi connectivity index (χ4n) is 1.24. The summed E-state index contributed by atoms with van der Waals surface area (Å²) in [5.41, 5.74) is -0.239. The Balaban J connectivity index is 1.91. The van der Waals surface area contributed by atoms with E-state index in [-0.39, 0.29) is 29.8 Å². The molecule has 2 aromatic rings. The highest BCUT2D eigenvalue weighted by Crippen LogP contribution is 2.16. The normalized spacial score (nSPS) is 10.6. The molecule has 1 N–H and O–H groups in total. The van der Waals surface area contributed by atoms with Crippen LogP contribution in [0.2, 0.25) is 0 Å². The molecule has 2 heterocycles. The molecule has 20 heavy (non-hydrogen) atoms. The van der Waals surface area contributed by atoms with Gasteiger partial charge in [0.2, 0.25) is 11.8 Å². The van der Waals surface area contributed by atoms with Crippen molar-refractivity contribution in [1.29, 1.82) is 0 Å². The molecule has 0 atom stereocenters. The fraction of sp³-hybridized carbons (Fsp3) is 0.182. The summed E-state index contributed by atoms with van der Waals surface area (Å²) >= 11 is 0. The summed E-state index contributed by atoms with van der Waals surface area (Å²) in [5.74, 6) is -1.14. The average molecular weight is 286 g/mol. The predicted octanol–water partition coefficient (Wildman–Crippen LogP) is 1.95. The van der Waals surface area contributed by atoms with E-state index in [2.05, 4.69) is 14.7 Å². The molecule has 0 aliphatic carbocycles. The molecule has 0 aliphatic heterocycles. The molecule has 0 saturated heterocycles. The Kier molecular flexibility index (Phi) is 4.08. The molecule has 9 heteroatoms. The van der Waals surface area contributed by atoms with Gasteiger partial charge in [-0.1, -0.05) is 0 Å². The van der Waals surface area contributed by atoms with E-state index in [1.807, 2.05) is 0 Å². The van der Waals surface area contributed by atoms with E-state index < -0.39 is 12.6 Å². The van der Waals surface area contributed by atoms with Crippen LogP contribution < -0.4 is 9.47 Å². The van der Waals surface area contributed by atoms with Crippen LogP contribution in [0, 0.1) is 0 Å². The number of aromatic carboxylic acids is 1. The van der Waals surface area contributed by atoms with Gasteiger partial charge in [-0.05, 0) is 6.07 Å². The minimum atomic E-state index is -2.93. The Morgan fingerprint density at radius 2 is 2.25 bits per heavy atom. The van der Waals surface area contributed by atoms with Gasteiger partial charge < -0.3 is 19.0 Å². The number of halogens is 2. The van der Waals surface area contributed by atoms with Crippen LogP contribution in [0.5, 0.6) is 11.6 Å². The van der Waals surface area contributed by atoms with Crippen molar-refractivity contribution in [3.8, 4) is 11.6 Å². The van der Waals surface area contributed by atoms with Crippen LogP contribution in [0.3, 0.4) is 0 Å². The molecule has 0 unspecified atom stereocenters. The number of hydrogen-bond acceptors (Lipinski definition) is 6. The Morgan fingerprint density at radius 3 is 2.80 bits per heavy atom. The molecule has 7 nitrogen and oxygen atoms in total. The quantitative estimate of drug-likeness (QED) is 0.867. The highest BCUT2D eigenvalue weighted by Gasteiger charge is 2.11. The molecular weight excluding hydrogens is 278 g/mol. The van der Waals surface area contributed by atoms with E-state index in [1.165, 1.54) is 12.1 Å². The fourth-order valence-corrected chi connectivity index (χ4v) is 1.24. The lowest BCUT2D eigenvalue weighted by Gasteiger charge is -2.05. The molecule has 0 saturated carbocycles. The second kappa shape index (κ2) is 5.95. The summed E-state index contributed by atoms with van der Waals surface area (Å²) in [6.07, 6.45) is 2.05. The highest BCUT2D eigenvalue weighted by atomic mass is 19.3. The molecular formula is C11H8F2N2O5. The van der Waals surface area contributed by atoms with Gasteiger partial charge in [-0.3, -0.25) is 0 Å². The van der Waals surface area contributed by atoms with Gasteiger partial charge in [-0.25, -0.2) is 14.8 Å². The minimum Gasteiger partial charge on any atom is -0.476 e. The van der Waals surface area contributed by atoms with Crippen LogP contribution in [0.1, 0.15) is 16.4 Å². The maximum absolute atomic E-state index is 11.9. The average Bonchev–Trinajstić information content (AvgIpc) is 2.86. The number of hydrogen-bond donors (Lipinski definition) is 1. The Hall–Kier alpha value is -2.71. The van der Waals surface area contributed by atoms with Crippen molar-refractivity contribution in [3.63, 3.8) is 0 Å². The van der Waals surface area contributed by atoms with Gasteiger partial charge >= 0.3 is 12.6 Å². The maximum atomic E-state index is 11.9. The number of ether oxygens (including phenoxy) is 2. The number of rotatable bonds is 6. The van der Waals surface area contributed by atoms with Gasteiger partial charge in [0.05, 0.1) is 6.20 Å². The zero-order chi connectivity index (χ0) is 14.5. The Labute approximate surface area is 110 Å². The first kappa shape index (κ1) is 13.7. The number of carboxylic acids is 1. The summed E-state index contributed by atoms with van der Waals surface area (Å²) in [7, 11) is 0. The first-order valence-electron chi connectivity index (χ1n) is 5.26. The summed E-state index contributed by atoms with van der Waals surface area (Å²) < 4.78 is 37.9. The number of pyridine rings is 1. The molecule has 0 amide bonds. The topological polar surface area (TPSA) is 94.7 Å². The Morgan fingerprint density at radius 1 is 1.45 bits per heavy atom. The summed E-state index contributed by atoms with van der Waals surface area (Å²) in [4.78, 5) is 17.9. The zero-order valence-electron chi connectivity index (χ0n) is 9.82. The van der Waals surface area contributed by atoms with E-state index in [9.17, 15) is 13.6 Å². The van der Waals surface area contributed by atoms with Crippen LogP contribution in [0.25, 0.3) is 0 Å². The summed E-state index contributed by atoms with van der Waals surface area (Å²) in [5, 5.41) is 8.64. The van der Waals surface area contributed by atoms with Gasteiger partial charge in [0.25, 0.3) is 0 Å². The number of carbonyl (C=O) groups is 1.